The number of hydrogen-bond acceptors (Lipinski definition) is 4. The second kappa shape index (κ2) is 11.3. The van der Waals surface area contributed by atoms with Crippen molar-refractivity contribution in [3.8, 4) is 0 Å². The molecule has 1 atom stereocenters. The minimum absolute atomic E-state index is 0.173. The average Bonchev–Trinajstić information content (AvgIpc) is 2.72. The van der Waals surface area contributed by atoms with Crippen LogP contribution < -0.4 is 5.32 Å². The van der Waals surface area contributed by atoms with Crippen molar-refractivity contribution < 1.29 is 26.7 Å². The van der Waals surface area contributed by atoms with E-state index >= 15 is 0 Å². The van der Waals surface area contributed by atoms with Gasteiger partial charge < -0.3 is 10.4 Å². The Kier molecular flexibility index (Phi) is 9.52. The van der Waals surface area contributed by atoms with Gasteiger partial charge in [0.05, 0.1) is 16.6 Å². The Morgan fingerprint density at radius 2 is 1.76 bits per heavy atom. The molecule has 2 N–H and O–H groups in total. The van der Waals surface area contributed by atoms with E-state index in [1.807, 2.05) is 32.0 Å². The number of aryl methyl sites for hydroxylation is 1. The van der Waals surface area contributed by atoms with Gasteiger partial charge in [-0.15, -0.1) is 0 Å². The standard InChI is InChI=1S/C23H30BrF3N2O3S/c1-22(2,13-7-10-17-8-5-4-6-9-17)28-15-19(30)16-29(3)33(31,32)21-12-11-18(14-20(21)24)23(25,26)27/h4-6,8-9,11-12,14,19,28,30H,7,10,13,15-16H2,1-3H3. The molecule has 0 fully saturated rings. The van der Waals surface area contributed by atoms with Crippen LogP contribution in [0.5, 0.6) is 0 Å². The molecule has 0 bridgehead atoms. The molecule has 10 heteroatoms. The van der Waals surface area contributed by atoms with Crippen LogP contribution in [0.1, 0.15) is 37.8 Å². The number of rotatable bonds is 11. The Bertz CT molecular complexity index is 1020. The Balaban J connectivity index is 1.90. The van der Waals surface area contributed by atoms with Crippen molar-refractivity contribution >= 4 is 26.0 Å². The molecule has 0 aromatic heterocycles. The number of nitrogens with zero attached hydrogens (tertiary/aromatic N) is 1. The van der Waals surface area contributed by atoms with E-state index in [0.717, 1.165) is 41.8 Å². The van der Waals surface area contributed by atoms with Crippen LogP contribution in [-0.2, 0) is 22.6 Å². The van der Waals surface area contributed by atoms with Crippen LogP contribution in [0.15, 0.2) is 57.9 Å². The average molecular weight is 551 g/mol. The molecule has 0 radical (unpaired) electrons. The lowest BCUT2D eigenvalue weighted by atomic mass is 9.95. The third-order valence-corrected chi connectivity index (χ3v) is 8.14. The van der Waals surface area contributed by atoms with Crippen molar-refractivity contribution in [3.63, 3.8) is 0 Å². The van der Waals surface area contributed by atoms with Gasteiger partial charge in [0, 0.05) is 30.1 Å². The van der Waals surface area contributed by atoms with Gasteiger partial charge in [-0.05, 0) is 72.8 Å². The van der Waals surface area contributed by atoms with Crippen LogP contribution in [0.3, 0.4) is 0 Å². The largest absolute Gasteiger partial charge is 0.416 e. The summed E-state index contributed by atoms with van der Waals surface area (Å²) in [5, 5.41) is 13.7. The maximum absolute atomic E-state index is 12.9. The number of aliphatic hydroxyl groups excluding tert-OH is 1. The summed E-state index contributed by atoms with van der Waals surface area (Å²) in [6, 6.07) is 12.5. The van der Waals surface area contributed by atoms with Crippen molar-refractivity contribution in [2.75, 3.05) is 20.1 Å². The number of aliphatic hydroxyl groups is 1. The van der Waals surface area contributed by atoms with Crippen molar-refractivity contribution in [2.45, 2.75) is 55.8 Å². The molecule has 0 amide bonds. The van der Waals surface area contributed by atoms with Gasteiger partial charge in [0.1, 0.15) is 0 Å². The third kappa shape index (κ3) is 8.36. The number of β-amino-alcohol motifs (C(OH)–C–C–N with tert-alkyl or cyclic N) is 1. The molecule has 33 heavy (non-hydrogen) atoms. The van der Waals surface area contributed by atoms with E-state index in [2.05, 4.69) is 33.4 Å². The molecule has 0 spiro atoms. The minimum Gasteiger partial charge on any atom is -0.390 e. The number of nitrogens with one attached hydrogen (secondary N) is 1. The van der Waals surface area contributed by atoms with E-state index in [-0.39, 0.29) is 28.0 Å². The van der Waals surface area contributed by atoms with Crippen molar-refractivity contribution in [3.05, 3.63) is 64.1 Å². The molecule has 0 saturated carbocycles. The smallest absolute Gasteiger partial charge is 0.390 e. The molecule has 0 saturated heterocycles. The molecule has 1 unspecified atom stereocenters. The summed E-state index contributed by atoms with van der Waals surface area (Å²) < 4.78 is 64.9. The summed E-state index contributed by atoms with van der Waals surface area (Å²) in [6.45, 7) is 4.00. The lowest BCUT2D eigenvalue weighted by Gasteiger charge is -2.29. The fourth-order valence-electron chi connectivity index (χ4n) is 3.38. The molecule has 0 aliphatic carbocycles. The van der Waals surface area contributed by atoms with E-state index in [9.17, 15) is 26.7 Å². The maximum atomic E-state index is 12.9. The van der Waals surface area contributed by atoms with Crippen molar-refractivity contribution in [2.24, 2.45) is 0 Å². The minimum atomic E-state index is -4.58. The summed E-state index contributed by atoms with van der Waals surface area (Å²) in [7, 11) is -2.81. The fourth-order valence-corrected chi connectivity index (χ4v) is 5.62. The first-order valence-electron chi connectivity index (χ1n) is 10.5. The zero-order valence-corrected chi connectivity index (χ0v) is 21.3. The molecule has 0 heterocycles. The van der Waals surface area contributed by atoms with E-state index in [0.29, 0.717) is 0 Å². The Morgan fingerprint density at radius 1 is 1.12 bits per heavy atom. The highest BCUT2D eigenvalue weighted by Crippen LogP contribution is 2.34. The molecule has 184 valence electrons. The normalized spacial score (nSPS) is 14.0. The van der Waals surface area contributed by atoms with Crippen molar-refractivity contribution in [1.29, 1.82) is 0 Å². The number of hydrogen-bond donors (Lipinski definition) is 2. The van der Waals surface area contributed by atoms with Crippen molar-refractivity contribution in [1.82, 2.24) is 9.62 Å². The summed E-state index contributed by atoms with van der Waals surface area (Å²) in [5.74, 6) is 0. The van der Waals surface area contributed by atoms with Crippen LogP contribution >= 0.6 is 15.9 Å². The second-order valence-electron chi connectivity index (χ2n) is 8.69. The zero-order chi connectivity index (χ0) is 24.9. The molecule has 0 aliphatic heterocycles. The second-order valence-corrected chi connectivity index (χ2v) is 11.6. The molecule has 2 rings (SSSR count). The first-order valence-corrected chi connectivity index (χ1v) is 12.8. The van der Waals surface area contributed by atoms with Crippen LogP contribution in [0.2, 0.25) is 0 Å². The number of sulfonamides is 1. The Morgan fingerprint density at radius 3 is 2.33 bits per heavy atom. The van der Waals surface area contributed by atoms with Gasteiger partial charge in [0.2, 0.25) is 10.0 Å². The van der Waals surface area contributed by atoms with Gasteiger partial charge in [-0.3, -0.25) is 0 Å². The highest BCUT2D eigenvalue weighted by atomic mass is 79.9. The van der Waals surface area contributed by atoms with Gasteiger partial charge in [-0.25, -0.2) is 8.42 Å². The molecular formula is C23H30BrF3N2O3S. The lowest BCUT2D eigenvalue weighted by Crippen LogP contribution is -2.46. The summed E-state index contributed by atoms with van der Waals surface area (Å²) >= 11 is 2.93. The summed E-state index contributed by atoms with van der Waals surface area (Å²) in [5.41, 5.74) is 0.0493. The summed E-state index contributed by atoms with van der Waals surface area (Å²) in [6.07, 6.45) is -2.81. The van der Waals surface area contributed by atoms with Gasteiger partial charge in [-0.1, -0.05) is 30.3 Å². The van der Waals surface area contributed by atoms with Crippen LogP contribution in [0.25, 0.3) is 0 Å². The Labute approximate surface area is 202 Å². The van der Waals surface area contributed by atoms with Crippen LogP contribution in [-0.4, -0.2) is 49.6 Å². The molecular weight excluding hydrogens is 521 g/mol. The molecule has 2 aromatic rings. The van der Waals surface area contributed by atoms with Gasteiger partial charge in [0.25, 0.3) is 0 Å². The molecule has 5 nitrogen and oxygen atoms in total. The first kappa shape index (κ1) is 27.8. The van der Waals surface area contributed by atoms with E-state index in [1.54, 1.807) is 0 Å². The lowest BCUT2D eigenvalue weighted by molar-refractivity contribution is -0.137. The summed E-state index contributed by atoms with van der Waals surface area (Å²) in [4.78, 5) is -0.292. The maximum Gasteiger partial charge on any atom is 0.416 e. The monoisotopic (exact) mass is 550 g/mol. The number of benzene rings is 2. The van der Waals surface area contributed by atoms with Gasteiger partial charge >= 0.3 is 6.18 Å². The first-order chi connectivity index (χ1) is 15.2. The predicted octanol–water partition coefficient (Wildman–Crippen LogP) is 4.84. The van der Waals surface area contributed by atoms with E-state index < -0.39 is 27.9 Å². The molecule has 2 aromatic carbocycles. The topological polar surface area (TPSA) is 69.6 Å². The predicted molar refractivity (Wildman–Crippen MR) is 126 cm³/mol. The third-order valence-electron chi connectivity index (χ3n) is 5.34. The quantitative estimate of drug-likeness (QED) is 0.420. The van der Waals surface area contributed by atoms with E-state index in [4.69, 9.17) is 0 Å². The highest BCUT2D eigenvalue weighted by molar-refractivity contribution is 9.10. The molecule has 0 aliphatic rings. The van der Waals surface area contributed by atoms with Gasteiger partial charge in [-0.2, -0.15) is 17.5 Å². The van der Waals surface area contributed by atoms with Crippen LogP contribution in [0, 0.1) is 0 Å². The zero-order valence-electron chi connectivity index (χ0n) is 18.9. The van der Waals surface area contributed by atoms with E-state index in [1.165, 1.54) is 12.6 Å². The Hall–Kier alpha value is -1.46. The fraction of sp³-hybridized carbons (Fsp3) is 0.478. The SMILES string of the molecule is CN(CC(O)CNC(C)(C)CCCc1ccccc1)S(=O)(=O)c1ccc(C(F)(F)F)cc1Br. The number of halogens is 4. The number of likely N-dealkylation sites (N-methyl/N-ethyl adjacent to an activating group) is 1. The highest BCUT2D eigenvalue weighted by Gasteiger charge is 2.33. The van der Waals surface area contributed by atoms with Gasteiger partial charge in [0.15, 0.2) is 0 Å². The number of alkyl halides is 3. The van der Waals surface area contributed by atoms with Crippen LogP contribution in [0.4, 0.5) is 13.2 Å².